The first-order valence-electron chi connectivity index (χ1n) is 8.06. The van der Waals surface area contributed by atoms with E-state index in [-0.39, 0.29) is 37.2 Å². The Hall–Kier alpha value is -2.37. The van der Waals surface area contributed by atoms with E-state index >= 15 is 0 Å². The van der Waals surface area contributed by atoms with Crippen LogP contribution in [0.15, 0.2) is 30.3 Å². The van der Waals surface area contributed by atoms with Crippen molar-refractivity contribution in [2.45, 2.75) is 31.7 Å². The molecule has 1 saturated carbocycles. The maximum atomic E-state index is 12.2. The van der Waals surface area contributed by atoms with Crippen LogP contribution in [0.1, 0.15) is 37.3 Å². The maximum Gasteiger partial charge on any atom is 0.324 e. The molecular formula is C17H21N3O3. The second kappa shape index (κ2) is 6.81. The van der Waals surface area contributed by atoms with Crippen LogP contribution in [-0.4, -0.2) is 35.8 Å². The minimum Gasteiger partial charge on any atom is -0.356 e. The molecule has 23 heavy (non-hydrogen) atoms. The molecule has 2 aliphatic rings. The predicted molar refractivity (Wildman–Crippen MR) is 84.4 cm³/mol. The molecule has 1 unspecified atom stereocenters. The minimum atomic E-state index is -0.426. The quantitative estimate of drug-likeness (QED) is 0.836. The van der Waals surface area contributed by atoms with Crippen molar-refractivity contribution < 1.29 is 14.4 Å². The molecular weight excluding hydrogens is 294 g/mol. The predicted octanol–water partition coefficient (Wildman–Crippen LogP) is 1.59. The molecule has 6 heteroatoms. The van der Waals surface area contributed by atoms with Gasteiger partial charge in [0.1, 0.15) is 0 Å². The summed E-state index contributed by atoms with van der Waals surface area (Å²) in [5, 5.41) is 5.67. The zero-order chi connectivity index (χ0) is 16.2. The zero-order valence-corrected chi connectivity index (χ0v) is 13.0. The highest BCUT2D eigenvalue weighted by atomic mass is 16.2. The van der Waals surface area contributed by atoms with Gasteiger partial charge in [-0.15, -0.1) is 0 Å². The molecule has 3 rings (SSSR count). The fourth-order valence-corrected chi connectivity index (χ4v) is 2.67. The minimum absolute atomic E-state index is 0.109. The van der Waals surface area contributed by atoms with E-state index in [0.717, 1.165) is 10.5 Å². The van der Waals surface area contributed by atoms with Crippen molar-refractivity contribution in [3.8, 4) is 0 Å². The highest BCUT2D eigenvalue weighted by molar-refractivity contribution is 5.97. The van der Waals surface area contributed by atoms with Crippen LogP contribution in [0.4, 0.5) is 4.79 Å². The molecule has 122 valence electrons. The first-order chi connectivity index (χ1) is 11.1. The van der Waals surface area contributed by atoms with Crippen LogP contribution >= 0.6 is 0 Å². The third kappa shape index (κ3) is 4.09. The van der Waals surface area contributed by atoms with Gasteiger partial charge in [0, 0.05) is 19.5 Å². The molecule has 1 saturated heterocycles. The summed E-state index contributed by atoms with van der Waals surface area (Å²) in [6.07, 6.45) is 2.73. The topological polar surface area (TPSA) is 78.5 Å². The Balaban J connectivity index is 1.50. The summed E-state index contributed by atoms with van der Waals surface area (Å²) >= 11 is 0. The summed E-state index contributed by atoms with van der Waals surface area (Å²) in [5.74, 6) is 0.269. The standard InChI is InChI=1S/C17H21N3O3/c21-15(18-11-12-6-7-12)8-9-20-16(22)10-14(19-17(20)23)13-4-2-1-3-5-13/h1-5,12,14H,6-11H2,(H,18,21)(H,19,23). The fourth-order valence-electron chi connectivity index (χ4n) is 2.67. The molecule has 1 atom stereocenters. The third-order valence-electron chi connectivity index (χ3n) is 4.27. The summed E-state index contributed by atoms with van der Waals surface area (Å²) in [4.78, 5) is 37.2. The van der Waals surface area contributed by atoms with Gasteiger partial charge < -0.3 is 10.6 Å². The van der Waals surface area contributed by atoms with Gasteiger partial charge in [0.25, 0.3) is 0 Å². The number of amides is 4. The molecule has 2 fully saturated rings. The Morgan fingerprint density at radius 3 is 2.61 bits per heavy atom. The van der Waals surface area contributed by atoms with Gasteiger partial charge in [0.2, 0.25) is 11.8 Å². The van der Waals surface area contributed by atoms with Crippen molar-refractivity contribution in [3.05, 3.63) is 35.9 Å². The monoisotopic (exact) mass is 315 g/mol. The summed E-state index contributed by atoms with van der Waals surface area (Å²) < 4.78 is 0. The Morgan fingerprint density at radius 2 is 1.96 bits per heavy atom. The number of imide groups is 1. The van der Waals surface area contributed by atoms with Crippen molar-refractivity contribution in [1.29, 1.82) is 0 Å². The number of nitrogens with one attached hydrogen (secondary N) is 2. The number of carbonyl (C=O) groups is 3. The largest absolute Gasteiger partial charge is 0.356 e. The molecule has 1 heterocycles. The Morgan fingerprint density at radius 1 is 1.22 bits per heavy atom. The summed E-state index contributed by atoms with van der Waals surface area (Å²) in [6.45, 7) is 0.831. The molecule has 0 spiro atoms. The van der Waals surface area contributed by atoms with Crippen LogP contribution in [0, 0.1) is 5.92 Å². The van der Waals surface area contributed by atoms with Crippen LogP contribution < -0.4 is 10.6 Å². The van der Waals surface area contributed by atoms with Crippen molar-refractivity contribution >= 4 is 17.8 Å². The Kier molecular flexibility index (Phi) is 4.60. The maximum absolute atomic E-state index is 12.2. The van der Waals surface area contributed by atoms with Crippen molar-refractivity contribution in [3.63, 3.8) is 0 Å². The average Bonchev–Trinajstić information content (AvgIpc) is 3.37. The number of hydrogen-bond donors (Lipinski definition) is 2. The summed E-state index contributed by atoms with van der Waals surface area (Å²) in [6, 6.07) is 8.70. The molecule has 0 bridgehead atoms. The molecule has 4 amide bonds. The second-order valence-corrected chi connectivity index (χ2v) is 6.16. The van der Waals surface area contributed by atoms with Gasteiger partial charge in [0.05, 0.1) is 12.5 Å². The lowest BCUT2D eigenvalue weighted by Crippen LogP contribution is -2.52. The fraction of sp³-hybridized carbons (Fsp3) is 0.471. The van der Waals surface area contributed by atoms with E-state index in [4.69, 9.17) is 0 Å². The van der Waals surface area contributed by atoms with Gasteiger partial charge in [-0.2, -0.15) is 0 Å². The lowest BCUT2D eigenvalue weighted by molar-refractivity contribution is -0.130. The summed E-state index contributed by atoms with van der Waals surface area (Å²) in [5.41, 5.74) is 0.913. The van der Waals surface area contributed by atoms with Gasteiger partial charge in [-0.05, 0) is 24.3 Å². The molecule has 1 aliphatic carbocycles. The molecule has 1 aromatic carbocycles. The number of nitrogens with zero attached hydrogens (tertiary/aromatic N) is 1. The molecule has 6 nitrogen and oxygen atoms in total. The van der Waals surface area contributed by atoms with Gasteiger partial charge in [-0.3, -0.25) is 14.5 Å². The van der Waals surface area contributed by atoms with Gasteiger partial charge in [0.15, 0.2) is 0 Å². The normalized spacial score (nSPS) is 21.0. The van der Waals surface area contributed by atoms with Crippen LogP contribution in [0.3, 0.4) is 0 Å². The van der Waals surface area contributed by atoms with Crippen LogP contribution in [0.2, 0.25) is 0 Å². The first kappa shape index (κ1) is 15.5. The molecule has 1 aliphatic heterocycles. The van der Waals surface area contributed by atoms with E-state index in [2.05, 4.69) is 10.6 Å². The number of rotatable bonds is 6. The first-order valence-corrected chi connectivity index (χ1v) is 8.06. The van der Waals surface area contributed by atoms with Crippen LogP contribution in [0.25, 0.3) is 0 Å². The van der Waals surface area contributed by atoms with E-state index in [1.54, 1.807) is 0 Å². The van der Waals surface area contributed by atoms with Gasteiger partial charge in [-0.25, -0.2) is 4.79 Å². The van der Waals surface area contributed by atoms with Crippen molar-refractivity contribution in [2.24, 2.45) is 5.92 Å². The second-order valence-electron chi connectivity index (χ2n) is 6.16. The van der Waals surface area contributed by atoms with Gasteiger partial charge in [-0.1, -0.05) is 30.3 Å². The number of benzene rings is 1. The highest BCUT2D eigenvalue weighted by Gasteiger charge is 2.32. The van der Waals surface area contributed by atoms with Gasteiger partial charge >= 0.3 is 6.03 Å². The number of urea groups is 1. The average molecular weight is 315 g/mol. The van der Waals surface area contributed by atoms with Crippen molar-refractivity contribution in [2.75, 3.05) is 13.1 Å². The number of carbonyl (C=O) groups excluding carboxylic acids is 3. The number of hydrogen-bond acceptors (Lipinski definition) is 3. The molecule has 0 radical (unpaired) electrons. The third-order valence-corrected chi connectivity index (χ3v) is 4.27. The zero-order valence-electron chi connectivity index (χ0n) is 13.0. The summed E-state index contributed by atoms with van der Waals surface area (Å²) in [7, 11) is 0. The van der Waals surface area contributed by atoms with E-state index in [9.17, 15) is 14.4 Å². The Bertz CT molecular complexity index is 580. The van der Waals surface area contributed by atoms with Crippen LogP contribution in [0.5, 0.6) is 0 Å². The smallest absolute Gasteiger partial charge is 0.324 e. The SMILES string of the molecule is O=C(CCN1C(=O)CC(c2ccccc2)NC1=O)NCC1CC1. The lowest BCUT2D eigenvalue weighted by atomic mass is 10.0. The Labute approximate surface area is 135 Å². The van der Waals surface area contributed by atoms with Crippen LogP contribution in [-0.2, 0) is 9.59 Å². The van der Waals surface area contributed by atoms with E-state index < -0.39 is 6.03 Å². The highest BCUT2D eigenvalue weighted by Crippen LogP contribution is 2.27. The van der Waals surface area contributed by atoms with E-state index in [1.165, 1.54) is 12.8 Å². The lowest BCUT2D eigenvalue weighted by Gasteiger charge is -2.31. The molecule has 0 aromatic heterocycles. The van der Waals surface area contributed by atoms with E-state index in [1.807, 2.05) is 30.3 Å². The van der Waals surface area contributed by atoms with Crippen molar-refractivity contribution in [1.82, 2.24) is 15.5 Å². The molecule has 1 aromatic rings. The van der Waals surface area contributed by atoms with E-state index in [0.29, 0.717) is 12.5 Å². The molecule has 2 N–H and O–H groups in total.